The molecule has 6 heteroatoms. The molecular weight excluding hydrogens is 222 g/mol. The van der Waals surface area contributed by atoms with Crippen LogP contribution in [0.15, 0.2) is 23.8 Å². The Morgan fingerprint density at radius 3 is 2.88 bits per heavy atom. The van der Waals surface area contributed by atoms with Crippen molar-refractivity contribution in [1.29, 1.82) is 5.26 Å². The van der Waals surface area contributed by atoms with E-state index in [1.54, 1.807) is 17.4 Å². The lowest BCUT2D eigenvalue weighted by Gasteiger charge is -2.04. The summed E-state index contributed by atoms with van der Waals surface area (Å²) in [6.07, 6.45) is 3.22. The minimum atomic E-state index is 0.481. The molecule has 2 aromatic heterocycles. The summed E-state index contributed by atoms with van der Waals surface area (Å²) in [5.74, 6) is 1.15. The third kappa shape index (κ3) is 2.27. The van der Waals surface area contributed by atoms with Crippen molar-refractivity contribution in [2.45, 2.75) is 6.92 Å². The second-order valence-corrected chi connectivity index (χ2v) is 4.00. The molecule has 0 saturated carbocycles. The number of hydrogen-bond donors (Lipinski definition) is 2. The highest BCUT2D eigenvalue weighted by Crippen LogP contribution is 2.25. The van der Waals surface area contributed by atoms with Crippen LogP contribution in [0, 0.1) is 18.4 Å². The maximum Gasteiger partial charge on any atom is 0.182 e. The van der Waals surface area contributed by atoms with Gasteiger partial charge in [-0.25, -0.2) is 9.97 Å². The number of nitrogens with one attached hydrogen (secondary N) is 2. The van der Waals surface area contributed by atoms with Crippen molar-refractivity contribution in [3.63, 3.8) is 0 Å². The minimum Gasteiger partial charge on any atom is -0.332 e. The van der Waals surface area contributed by atoms with Crippen LogP contribution < -0.4 is 10.6 Å². The highest BCUT2D eigenvalue weighted by molar-refractivity contribution is 7.14. The standard InChI is InChI=1S/C10H9N5S/c1-7-2-3-16-10(7)15-9-4-8(12-5-11)13-6-14-9/h2-4,6H,1H3,(H2,12,13,14,15). The van der Waals surface area contributed by atoms with Crippen molar-refractivity contribution in [3.8, 4) is 6.19 Å². The summed E-state index contributed by atoms with van der Waals surface area (Å²) < 4.78 is 0. The molecule has 0 spiro atoms. The Morgan fingerprint density at radius 1 is 1.38 bits per heavy atom. The van der Waals surface area contributed by atoms with E-state index in [1.165, 1.54) is 11.9 Å². The highest BCUT2D eigenvalue weighted by atomic mass is 32.1. The SMILES string of the molecule is Cc1ccsc1Nc1cc(NC#N)ncn1. The number of aryl methyl sites for hydroxylation is 1. The number of rotatable bonds is 3. The molecule has 2 aromatic rings. The van der Waals surface area contributed by atoms with Gasteiger partial charge in [0, 0.05) is 6.07 Å². The van der Waals surface area contributed by atoms with Crippen LogP contribution in [0.25, 0.3) is 0 Å². The van der Waals surface area contributed by atoms with Crippen LogP contribution in [-0.2, 0) is 0 Å². The summed E-state index contributed by atoms with van der Waals surface area (Å²) in [7, 11) is 0. The molecule has 0 atom stereocenters. The number of aromatic nitrogens is 2. The normalized spacial score (nSPS) is 9.50. The predicted molar refractivity (Wildman–Crippen MR) is 63.6 cm³/mol. The molecule has 0 amide bonds. The van der Waals surface area contributed by atoms with E-state index in [9.17, 15) is 0 Å². The number of nitrogens with zero attached hydrogens (tertiary/aromatic N) is 3. The van der Waals surface area contributed by atoms with Crippen LogP contribution in [0.1, 0.15) is 5.56 Å². The van der Waals surface area contributed by atoms with Gasteiger partial charge in [0.25, 0.3) is 0 Å². The Balaban J connectivity index is 2.19. The summed E-state index contributed by atoms with van der Waals surface area (Å²) in [6.45, 7) is 2.02. The zero-order valence-corrected chi connectivity index (χ0v) is 9.38. The van der Waals surface area contributed by atoms with E-state index in [2.05, 4.69) is 20.6 Å². The first-order valence-electron chi connectivity index (χ1n) is 4.58. The topological polar surface area (TPSA) is 73.6 Å². The van der Waals surface area contributed by atoms with Gasteiger partial charge >= 0.3 is 0 Å². The molecule has 2 heterocycles. The molecule has 0 aliphatic carbocycles. The first-order valence-corrected chi connectivity index (χ1v) is 5.46. The number of anilines is 3. The molecule has 0 fully saturated rings. The largest absolute Gasteiger partial charge is 0.332 e. The van der Waals surface area contributed by atoms with Crippen LogP contribution in [-0.4, -0.2) is 9.97 Å². The van der Waals surface area contributed by atoms with Crippen molar-refractivity contribution < 1.29 is 0 Å². The van der Waals surface area contributed by atoms with Gasteiger partial charge in [-0.3, -0.25) is 5.32 Å². The molecule has 0 unspecified atom stereocenters. The zero-order chi connectivity index (χ0) is 11.4. The van der Waals surface area contributed by atoms with E-state index in [4.69, 9.17) is 5.26 Å². The Bertz CT molecular complexity index is 528. The number of hydrogen-bond acceptors (Lipinski definition) is 6. The van der Waals surface area contributed by atoms with Crippen molar-refractivity contribution in [2.24, 2.45) is 0 Å². The van der Waals surface area contributed by atoms with E-state index in [1.807, 2.05) is 24.6 Å². The summed E-state index contributed by atoms with van der Waals surface area (Å²) >= 11 is 1.61. The second kappa shape index (κ2) is 4.59. The average Bonchev–Trinajstić information content (AvgIpc) is 2.66. The molecule has 0 aromatic carbocycles. The van der Waals surface area contributed by atoms with E-state index < -0.39 is 0 Å². The highest BCUT2D eigenvalue weighted by Gasteiger charge is 2.02. The van der Waals surface area contributed by atoms with Crippen molar-refractivity contribution >= 4 is 28.0 Å². The van der Waals surface area contributed by atoms with E-state index >= 15 is 0 Å². The Hall–Kier alpha value is -2.13. The van der Waals surface area contributed by atoms with Gasteiger partial charge in [0.15, 0.2) is 6.19 Å². The fourth-order valence-electron chi connectivity index (χ4n) is 1.17. The smallest absolute Gasteiger partial charge is 0.182 e. The van der Waals surface area contributed by atoms with E-state index in [0.717, 1.165) is 5.00 Å². The predicted octanol–water partition coefficient (Wildman–Crippen LogP) is 2.48. The third-order valence-corrected chi connectivity index (χ3v) is 2.89. The second-order valence-electron chi connectivity index (χ2n) is 3.08. The lowest BCUT2D eigenvalue weighted by molar-refractivity contribution is 1.17. The van der Waals surface area contributed by atoms with Crippen LogP contribution in [0.4, 0.5) is 16.6 Å². The van der Waals surface area contributed by atoms with E-state index in [0.29, 0.717) is 11.6 Å². The molecular formula is C10H9N5S. The van der Waals surface area contributed by atoms with Gasteiger partial charge in [0.2, 0.25) is 0 Å². The molecule has 2 rings (SSSR count). The van der Waals surface area contributed by atoms with Crippen molar-refractivity contribution in [1.82, 2.24) is 9.97 Å². The van der Waals surface area contributed by atoms with Gasteiger partial charge in [0.05, 0.1) is 5.00 Å². The molecule has 0 radical (unpaired) electrons. The molecule has 16 heavy (non-hydrogen) atoms. The maximum atomic E-state index is 8.47. The average molecular weight is 231 g/mol. The Labute approximate surface area is 96.8 Å². The molecule has 2 N–H and O–H groups in total. The van der Waals surface area contributed by atoms with E-state index in [-0.39, 0.29) is 0 Å². The van der Waals surface area contributed by atoms with Crippen LogP contribution in [0.3, 0.4) is 0 Å². The summed E-state index contributed by atoms with van der Waals surface area (Å²) in [6, 6.07) is 3.71. The van der Waals surface area contributed by atoms with Gasteiger partial charge in [0.1, 0.15) is 18.0 Å². The van der Waals surface area contributed by atoms with Gasteiger partial charge in [-0.15, -0.1) is 11.3 Å². The van der Waals surface area contributed by atoms with Gasteiger partial charge in [-0.2, -0.15) is 5.26 Å². The van der Waals surface area contributed by atoms with Gasteiger partial charge in [-0.05, 0) is 23.9 Å². The molecule has 0 aliphatic rings. The van der Waals surface area contributed by atoms with Gasteiger partial charge < -0.3 is 5.32 Å². The summed E-state index contributed by atoms with van der Waals surface area (Å²) in [4.78, 5) is 7.97. The molecule has 0 saturated heterocycles. The monoisotopic (exact) mass is 231 g/mol. The number of nitriles is 1. The quantitative estimate of drug-likeness (QED) is 0.627. The van der Waals surface area contributed by atoms with Crippen LogP contribution in [0.2, 0.25) is 0 Å². The molecule has 5 nitrogen and oxygen atoms in total. The summed E-state index contributed by atoms with van der Waals surface area (Å²) in [5.41, 5.74) is 1.17. The number of thiophene rings is 1. The van der Waals surface area contributed by atoms with Crippen LogP contribution >= 0.6 is 11.3 Å². The fourth-order valence-corrected chi connectivity index (χ4v) is 1.99. The Morgan fingerprint density at radius 2 is 2.19 bits per heavy atom. The first-order chi connectivity index (χ1) is 7.79. The third-order valence-electron chi connectivity index (χ3n) is 1.95. The summed E-state index contributed by atoms with van der Waals surface area (Å²) in [5, 5.41) is 17.2. The van der Waals surface area contributed by atoms with Gasteiger partial charge in [-0.1, -0.05) is 0 Å². The lowest BCUT2D eigenvalue weighted by atomic mass is 10.3. The molecule has 0 aliphatic heterocycles. The van der Waals surface area contributed by atoms with Crippen molar-refractivity contribution in [2.75, 3.05) is 10.6 Å². The first kappa shape index (κ1) is 10.4. The van der Waals surface area contributed by atoms with Crippen molar-refractivity contribution in [3.05, 3.63) is 29.4 Å². The maximum absolute atomic E-state index is 8.47. The lowest BCUT2D eigenvalue weighted by Crippen LogP contribution is -1.97. The minimum absolute atomic E-state index is 0.481. The fraction of sp³-hybridized carbons (Fsp3) is 0.100. The Kier molecular flexibility index (Phi) is 2.98. The molecule has 0 bridgehead atoms. The van der Waals surface area contributed by atoms with Crippen LogP contribution in [0.5, 0.6) is 0 Å². The molecule has 80 valence electrons. The zero-order valence-electron chi connectivity index (χ0n) is 8.56.